The fraction of sp³-hybridized carbons (Fsp3) is 0.545. The average molecular weight is 179 g/mol. The molecule has 1 aromatic heterocycles. The van der Waals surface area contributed by atoms with Crippen molar-refractivity contribution in [2.75, 3.05) is 0 Å². The first-order chi connectivity index (χ1) is 6.22. The van der Waals surface area contributed by atoms with Crippen molar-refractivity contribution >= 4 is 6.08 Å². The van der Waals surface area contributed by atoms with Gasteiger partial charge in [-0.15, -0.1) is 0 Å². The van der Waals surface area contributed by atoms with Crippen LogP contribution in [0.5, 0.6) is 0 Å². The van der Waals surface area contributed by atoms with E-state index in [0.717, 1.165) is 24.4 Å². The lowest BCUT2D eigenvalue weighted by molar-refractivity contribution is 0.544. The minimum absolute atomic E-state index is 0.692. The second kappa shape index (κ2) is 4.85. The van der Waals surface area contributed by atoms with Crippen LogP contribution < -0.4 is 0 Å². The van der Waals surface area contributed by atoms with Gasteiger partial charge in [-0.25, -0.2) is 4.98 Å². The molecule has 0 atom stereocenters. The molecule has 0 bridgehead atoms. The van der Waals surface area contributed by atoms with Gasteiger partial charge in [-0.1, -0.05) is 26.8 Å². The predicted molar refractivity (Wildman–Crippen MR) is 54.4 cm³/mol. The predicted octanol–water partition coefficient (Wildman–Crippen LogP) is 3.30. The molecule has 0 saturated carbocycles. The van der Waals surface area contributed by atoms with Gasteiger partial charge in [0.2, 0.25) is 5.89 Å². The summed E-state index contributed by atoms with van der Waals surface area (Å²) in [6.07, 6.45) is 7.77. The molecule has 1 rings (SSSR count). The van der Waals surface area contributed by atoms with Gasteiger partial charge in [0.25, 0.3) is 0 Å². The van der Waals surface area contributed by atoms with Crippen molar-refractivity contribution in [3.63, 3.8) is 0 Å². The molecule has 0 unspecified atom stereocenters. The third-order valence-electron chi connectivity index (χ3n) is 1.80. The van der Waals surface area contributed by atoms with Crippen LogP contribution in [0.1, 0.15) is 38.8 Å². The smallest absolute Gasteiger partial charge is 0.218 e. The highest BCUT2D eigenvalue weighted by molar-refractivity contribution is 5.37. The number of allylic oxidation sites excluding steroid dienone is 1. The van der Waals surface area contributed by atoms with Gasteiger partial charge in [0, 0.05) is 0 Å². The molecule has 0 aliphatic carbocycles. The first kappa shape index (κ1) is 10.0. The second-order valence-electron chi connectivity index (χ2n) is 3.56. The van der Waals surface area contributed by atoms with Gasteiger partial charge in [-0.3, -0.25) is 0 Å². The zero-order chi connectivity index (χ0) is 9.68. The molecule has 0 amide bonds. The molecule has 0 N–H and O–H groups in total. The Bertz CT molecular complexity index is 273. The Morgan fingerprint density at radius 2 is 2.31 bits per heavy atom. The van der Waals surface area contributed by atoms with Gasteiger partial charge in [0.05, 0.1) is 5.69 Å². The quantitative estimate of drug-likeness (QED) is 0.708. The molecule has 13 heavy (non-hydrogen) atoms. The van der Waals surface area contributed by atoms with Crippen LogP contribution in [0.2, 0.25) is 0 Å². The summed E-state index contributed by atoms with van der Waals surface area (Å²) in [6.45, 7) is 6.45. The summed E-state index contributed by atoms with van der Waals surface area (Å²) in [5.41, 5.74) is 1.02. The molecule has 1 heterocycles. The van der Waals surface area contributed by atoms with Crippen LogP contribution in [0.3, 0.4) is 0 Å². The molecule has 2 nitrogen and oxygen atoms in total. The van der Waals surface area contributed by atoms with Crippen LogP contribution in [0.25, 0.3) is 6.08 Å². The highest BCUT2D eigenvalue weighted by Crippen LogP contribution is 2.07. The third kappa shape index (κ3) is 3.45. The Balaban J connectivity index is 2.48. The van der Waals surface area contributed by atoms with Crippen LogP contribution in [0, 0.1) is 5.92 Å². The summed E-state index contributed by atoms with van der Waals surface area (Å²) in [6, 6.07) is 0. The summed E-state index contributed by atoms with van der Waals surface area (Å²) >= 11 is 0. The van der Waals surface area contributed by atoms with E-state index < -0.39 is 0 Å². The minimum Gasteiger partial charge on any atom is -0.445 e. The molecule has 0 aromatic carbocycles. The zero-order valence-corrected chi connectivity index (χ0v) is 8.58. The van der Waals surface area contributed by atoms with Crippen LogP contribution in [0.4, 0.5) is 0 Å². The normalized spacial score (nSPS) is 11.7. The molecule has 0 aliphatic heterocycles. The lowest BCUT2D eigenvalue weighted by Crippen LogP contribution is -1.82. The lowest BCUT2D eigenvalue weighted by atomic mass is 10.1. The van der Waals surface area contributed by atoms with Crippen molar-refractivity contribution in [1.82, 2.24) is 4.98 Å². The second-order valence-corrected chi connectivity index (χ2v) is 3.56. The molecule has 0 spiro atoms. The van der Waals surface area contributed by atoms with Crippen LogP contribution in [-0.4, -0.2) is 4.98 Å². The highest BCUT2D eigenvalue weighted by atomic mass is 16.3. The van der Waals surface area contributed by atoms with E-state index in [2.05, 4.69) is 31.8 Å². The number of aromatic nitrogens is 1. The van der Waals surface area contributed by atoms with E-state index in [-0.39, 0.29) is 0 Å². The fourth-order valence-electron chi connectivity index (χ4n) is 1.00. The van der Waals surface area contributed by atoms with Crippen molar-refractivity contribution < 1.29 is 4.42 Å². The molecule has 2 heteroatoms. The summed E-state index contributed by atoms with van der Waals surface area (Å²) in [5.74, 6) is 1.41. The maximum Gasteiger partial charge on any atom is 0.218 e. The number of oxazole rings is 1. The van der Waals surface area contributed by atoms with Crippen LogP contribution in [-0.2, 0) is 6.42 Å². The molecule has 0 aliphatic rings. The largest absolute Gasteiger partial charge is 0.445 e. The maximum atomic E-state index is 5.24. The van der Waals surface area contributed by atoms with Gasteiger partial charge < -0.3 is 4.42 Å². The summed E-state index contributed by atoms with van der Waals surface area (Å²) in [5, 5.41) is 0. The van der Waals surface area contributed by atoms with Crippen molar-refractivity contribution in [2.24, 2.45) is 5.92 Å². The topological polar surface area (TPSA) is 26.0 Å². The standard InChI is InChI=1S/C11H17NO/c1-4-10-8-13-11(12-10)7-5-6-9(2)3/h5,7-9H,4,6H2,1-3H3/b7-5+. The lowest BCUT2D eigenvalue weighted by Gasteiger charge is -1.94. The minimum atomic E-state index is 0.692. The molecular weight excluding hydrogens is 162 g/mol. The average Bonchev–Trinajstić information content (AvgIpc) is 2.52. The third-order valence-corrected chi connectivity index (χ3v) is 1.80. The molecule has 0 radical (unpaired) electrons. The van der Waals surface area contributed by atoms with E-state index in [9.17, 15) is 0 Å². The molecule has 0 fully saturated rings. The summed E-state index contributed by atoms with van der Waals surface area (Å²) < 4.78 is 5.24. The highest BCUT2D eigenvalue weighted by Gasteiger charge is 1.97. The molecular formula is C11H17NO. The number of hydrogen-bond acceptors (Lipinski definition) is 2. The number of nitrogens with zero attached hydrogens (tertiary/aromatic N) is 1. The van der Waals surface area contributed by atoms with Gasteiger partial charge in [0.15, 0.2) is 0 Å². The van der Waals surface area contributed by atoms with Gasteiger partial charge in [0.1, 0.15) is 6.26 Å². The Labute approximate surface area is 79.7 Å². The van der Waals surface area contributed by atoms with E-state index in [4.69, 9.17) is 4.42 Å². The number of hydrogen-bond donors (Lipinski definition) is 0. The van der Waals surface area contributed by atoms with E-state index in [1.165, 1.54) is 0 Å². The SMILES string of the molecule is CCc1coc(/C=C/CC(C)C)n1. The Kier molecular flexibility index (Phi) is 3.74. The first-order valence-electron chi connectivity index (χ1n) is 4.83. The van der Waals surface area contributed by atoms with E-state index in [0.29, 0.717) is 5.92 Å². The fourth-order valence-corrected chi connectivity index (χ4v) is 1.00. The van der Waals surface area contributed by atoms with Crippen LogP contribution >= 0.6 is 0 Å². The number of aryl methyl sites for hydroxylation is 1. The Morgan fingerprint density at radius 3 is 2.85 bits per heavy atom. The Hall–Kier alpha value is -1.05. The molecule has 0 saturated heterocycles. The van der Waals surface area contributed by atoms with Gasteiger partial charge >= 0.3 is 0 Å². The van der Waals surface area contributed by atoms with Crippen molar-refractivity contribution in [3.8, 4) is 0 Å². The van der Waals surface area contributed by atoms with Crippen molar-refractivity contribution in [1.29, 1.82) is 0 Å². The van der Waals surface area contributed by atoms with Crippen molar-refractivity contribution in [3.05, 3.63) is 23.9 Å². The van der Waals surface area contributed by atoms with Gasteiger partial charge in [-0.05, 0) is 24.8 Å². The maximum absolute atomic E-state index is 5.24. The van der Waals surface area contributed by atoms with E-state index in [1.807, 2.05) is 6.08 Å². The van der Waals surface area contributed by atoms with Crippen LogP contribution in [0.15, 0.2) is 16.8 Å². The zero-order valence-electron chi connectivity index (χ0n) is 8.58. The summed E-state index contributed by atoms with van der Waals surface area (Å²) in [4.78, 5) is 4.27. The summed E-state index contributed by atoms with van der Waals surface area (Å²) in [7, 11) is 0. The molecule has 72 valence electrons. The Morgan fingerprint density at radius 1 is 1.54 bits per heavy atom. The first-order valence-corrected chi connectivity index (χ1v) is 4.83. The van der Waals surface area contributed by atoms with Crippen molar-refractivity contribution in [2.45, 2.75) is 33.6 Å². The number of rotatable bonds is 4. The van der Waals surface area contributed by atoms with E-state index >= 15 is 0 Å². The van der Waals surface area contributed by atoms with E-state index in [1.54, 1.807) is 6.26 Å². The molecule has 1 aromatic rings. The monoisotopic (exact) mass is 179 g/mol. The van der Waals surface area contributed by atoms with Gasteiger partial charge in [-0.2, -0.15) is 0 Å².